The maximum absolute atomic E-state index is 12.4. The molecule has 6 heteroatoms. The highest BCUT2D eigenvalue weighted by atomic mass is 16.5. The van der Waals surface area contributed by atoms with Crippen LogP contribution < -0.4 is 5.32 Å². The summed E-state index contributed by atoms with van der Waals surface area (Å²) in [5.41, 5.74) is 0. The molecule has 2 atom stereocenters. The van der Waals surface area contributed by atoms with Crippen molar-refractivity contribution in [2.75, 3.05) is 13.2 Å². The monoisotopic (exact) mass is 914 g/mol. The summed E-state index contributed by atoms with van der Waals surface area (Å²) in [6.07, 6.45) is 67.5. The minimum atomic E-state index is -0.847. The van der Waals surface area contributed by atoms with Crippen molar-refractivity contribution in [3.63, 3.8) is 0 Å². The summed E-state index contributed by atoms with van der Waals surface area (Å²) in [7, 11) is 0. The van der Waals surface area contributed by atoms with Gasteiger partial charge in [-0.1, -0.05) is 243 Å². The molecule has 2 unspecified atom stereocenters. The first-order chi connectivity index (χ1) is 32.0. The number of carbonyl (C=O) groups is 2. The van der Waals surface area contributed by atoms with Gasteiger partial charge in [-0.25, -0.2) is 0 Å². The van der Waals surface area contributed by atoms with Gasteiger partial charge < -0.3 is 20.3 Å². The van der Waals surface area contributed by atoms with Gasteiger partial charge in [0.1, 0.15) is 0 Å². The second kappa shape index (κ2) is 54.7. The highest BCUT2D eigenvalue weighted by Gasteiger charge is 2.18. The molecule has 0 aliphatic carbocycles. The van der Waals surface area contributed by atoms with Crippen LogP contribution in [-0.4, -0.2) is 47.4 Å². The molecule has 0 saturated carbocycles. The Bertz CT molecular complexity index is 1060. The summed E-state index contributed by atoms with van der Waals surface area (Å²) in [4.78, 5) is 24.4. The maximum atomic E-state index is 12.4. The van der Waals surface area contributed by atoms with Crippen LogP contribution in [0.2, 0.25) is 0 Å². The van der Waals surface area contributed by atoms with Gasteiger partial charge in [0, 0.05) is 12.8 Å². The van der Waals surface area contributed by atoms with E-state index in [1.54, 1.807) is 6.08 Å². The number of ether oxygens (including phenoxy) is 1. The summed E-state index contributed by atoms with van der Waals surface area (Å²) in [6.45, 7) is 4.87. The smallest absolute Gasteiger partial charge is 0.305 e. The minimum absolute atomic E-state index is 0.00419. The van der Waals surface area contributed by atoms with Gasteiger partial charge in [0.05, 0.1) is 25.4 Å². The van der Waals surface area contributed by atoms with Crippen LogP contribution in [0.15, 0.2) is 36.5 Å². The number of aliphatic hydroxyl groups excluding tert-OH is 2. The van der Waals surface area contributed by atoms with Crippen molar-refractivity contribution < 1.29 is 24.5 Å². The zero-order valence-electron chi connectivity index (χ0n) is 43.5. The van der Waals surface area contributed by atoms with Crippen molar-refractivity contribution in [3.8, 4) is 0 Å². The standard InChI is InChI=1S/C59H111NO5/c1-3-5-7-9-11-13-14-15-16-17-24-27-30-33-37-41-45-49-53-59(64)65-54-50-46-42-38-34-31-28-25-22-20-18-19-21-23-26-29-32-36-40-44-48-52-58(63)60-56(55-61)57(62)51-47-43-39-35-12-10-8-6-4-2/h16-17,19,21,47,51,56-57,61-62H,3-15,18,20,22-46,48-50,52-55H2,1-2H3,(H,60,63)/b17-16-,21-19-,51-47+. The molecule has 1 amide bonds. The highest BCUT2D eigenvalue weighted by molar-refractivity contribution is 5.76. The number of nitrogens with one attached hydrogen (secondary N) is 1. The number of hydrogen-bond acceptors (Lipinski definition) is 5. The Labute approximate surface area is 404 Å². The number of carbonyl (C=O) groups excluding carboxylic acids is 2. The van der Waals surface area contributed by atoms with Crippen LogP contribution in [0, 0.1) is 0 Å². The second-order valence-electron chi connectivity index (χ2n) is 19.6. The molecule has 0 radical (unpaired) electrons. The summed E-state index contributed by atoms with van der Waals surface area (Å²) in [5, 5.41) is 22.9. The van der Waals surface area contributed by atoms with Crippen LogP contribution in [0.4, 0.5) is 0 Å². The summed E-state index contributed by atoms with van der Waals surface area (Å²) in [5.74, 6) is -0.0746. The summed E-state index contributed by atoms with van der Waals surface area (Å²) in [6, 6.07) is -0.631. The van der Waals surface area contributed by atoms with Crippen LogP contribution in [0.5, 0.6) is 0 Å². The molecule has 0 aromatic heterocycles. The SMILES string of the molecule is CCCCCCCCC/C=C\CCCCCCCCCC(=O)OCCCCCCCCCCCC/C=C\CCCCCCCCCC(=O)NC(CO)C(O)/C=C/CCCCCCCCC. The quantitative estimate of drug-likeness (QED) is 0.0321. The van der Waals surface area contributed by atoms with Crippen LogP contribution in [0.1, 0.15) is 303 Å². The van der Waals surface area contributed by atoms with Crippen molar-refractivity contribution in [2.24, 2.45) is 0 Å². The fourth-order valence-corrected chi connectivity index (χ4v) is 8.68. The molecule has 0 rings (SSSR count). The Morgan fingerprint density at radius 1 is 0.415 bits per heavy atom. The molecular weight excluding hydrogens is 803 g/mol. The Hall–Kier alpha value is -1.92. The van der Waals surface area contributed by atoms with Crippen molar-refractivity contribution >= 4 is 11.9 Å². The molecule has 0 fully saturated rings. The molecule has 0 aromatic rings. The van der Waals surface area contributed by atoms with Gasteiger partial charge >= 0.3 is 5.97 Å². The van der Waals surface area contributed by atoms with E-state index in [2.05, 4.69) is 43.5 Å². The van der Waals surface area contributed by atoms with Crippen molar-refractivity contribution in [3.05, 3.63) is 36.5 Å². The van der Waals surface area contributed by atoms with E-state index >= 15 is 0 Å². The van der Waals surface area contributed by atoms with Crippen LogP contribution in [0.3, 0.4) is 0 Å². The molecular formula is C59H111NO5. The van der Waals surface area contributed by atoms with E-state index < -0.39 is 12.1 Å². The lowest BCUT2D eigenvalue weighted by molar-refractivity contribution is -0.143. The Morgan fingerprint density at radius 3 is 1.09 bits per heavy atom. The lowest BCUT2D eigenvalue weighted by Gasteiger charge is -2.20. The number of hydrogen-bond donors (Lipinski definition) is 3. The average molecular weight is 915 g/mol. The molecule has 6 nitrogen and oxygen atoms in total. The third kappa shape index (κ3) is 51.3. The number of unbranched alkanes of at least 4 members (excludes halogenated alkanes) is 38. The molecule has 0 aromatic carbocycles. The maximum Gasteiger partial charge on any atom is 0.305 e. The minimum Gasteiger partial charge on any atom is -0.466 e. The van der Waals surface area contributed by atoms with E-state index in [1.165, 1.54) is 225 Å². The average Bonchev–Trinajstić information content (AvgIpc) is 3.31. The molecule has 0 spiro atoms. The highest BCUT2D eigenvalue weighted by Crippen LogP contribution is 2.16. The van der Waals surface area contributed by atoms with Crippen molar-refractivity contribution in [1.82, 2.24) is 5.32 Å². The molecule has 0 bridgehead atoms. The van der Waals surface area contributed by atoms with Gasteiger partial charge in [-0.2, -0.15) is 0 Å². The Kier molecular flexibility index (Phi) is 53.1. The van der Waals surface area contributed by atoms with Gasteiger partial charge in [-0.05, 0) is 83.5 Å². The number of esters is 1. The van der Waals surface area contributed by atoms with E-state index in [0.29, 0.717) is 19.4 Å². The fraction of sp³-hybridized carbons (Fsp3) is 0.864. The van der Waals surface area contributed by atoms with Crippen LogP contribution >= 0.6 is 0 Å². The topological polar surface area (TPSA) is 95.9 Å². The van der Waals surface area contributed by atoms with E-state index in [-0.39, 0.29) is 18.5 Å². The van der Waals surface area contributed by atoms with E-state index in [4.69, 9.17) is 4.74 Å². The molecule has 65 heavy (non-hydrogen) atoms. The molecule has 3 N–H and O–H groups in total. The van der Waals surface area contributed by atoms with E-state index in [1.807, 2.05) is 6.08 Å². The normalized spacial score (nSPS) is 12.9. The zero-order valence-corrected chi connectivity index (χ0v) is 43.5. The van der Waals surface area contributed by atoms with Crippen molar-refractivity contribution in [1.29, 1.82) is 0 Å². The fourth-order valence-electron chi connectivity index (χ4n) is 8.68. The molecule has 0 saturated heterocycles. The van der Waals surface area contributed by atoms with Crippen LogP contribution in [0.25, 0.3) is 0 Å². The molecule has 0 aliphatic heterocycles. The summed E-state index contributed by atoms with van der Waals surface area (Å²) < 4.78 is 5.49. The van der Waals surface area contributed by atoms with E-state index in [9.17, 15) is 19.8 Å². The number of aliphatic hydroxyl groups is 2. The van der Waals surface area contributed by atoms with Gasteiger partial charge in [0.25, 0.3) is 0 Å². The van der Waals surface area contributed by atoms with Crippen molar-refractivity contribution in [2.45, 2.75) is 315 Å². The lowest BCUT2D eigenvalue weighted by atomic mass is 10.0. The second-order valence-corrected chi connectivity index (χ2v) is 19.6. The van der Waals surface area contributed by atoms with Crippen LogP contribution in [-0.2, 0) is 14.3 Å². The van der Waals surface area contributed by atoms with Gasteiger partial charge in [-0.3, -0.25) is 9.59 Å². The van der Waals surface area contributed by atoms with Gasteiger partial charge in [0.2, 0.25) is 5.91 Å². The third-order valence-electron chi connectivity index (χ3n) is 13.1. The zero-order chi connectivity index (χ0) is 47.2. The van der Waals surface area contributed by atoms with E-state index in [0.717, 1.165) is 51.4 Å². The first-order valence-corrected chi connectivity index (χ1v) is 28.8. The number of amides is 1. The van der Waals surface area contributed by atoms with Gasteiger partial charge in [0.15, 0.2) is 0 Å². The first kappa shape index (κ1) is 63.1. The molecule has 382 valence electrons. The number of allylic oxidation sites excluding steroid dienone is 5. The predicted molar refractivity (Wildman–Crippen MR) is 283 cm³/mol. The lowest BCUT2D eigenvalue weighted by Crippen LogP contribution is -2.45. The molecule has 0 aliphatic rings. The third-order valence-corrected chi connectivity index (χ3v) is 13.1. The Balaban J connectivity index is 3.40. The summed E-state index contributed by atoms with van der Waals surface area (Å²) >= 11 is 0. The predicted octanol–water partition coefficient (Wildman–Crippen LogP) is 17.6. The first-order valence-electron chi connectivity index (χ1n) is 28.8. The largest absolute Gasteiger partial charge is 0.466 e. The Morgan fingerprint density at radius 2 is 0.723 bits per heavy atom. The number of rotatable bonds is 53. The molecule has 0 heterocycles. The van der Waals surface area contributed by atoms with Gasteiger partial charge in [-0.15, -0.1) is 0 Å².